The van der Waals surface area contributed by atoms with Crippen LogP contribution in [0.2, 0.25) is 5.02 Å². The first-order valence-electron chi connectivity index (χ1n) is 4.28. The Morgan fingerprint density at radius 2 is 1.86 bits per heavy atom. The van der Waals surface area contributed by atoms with Crippen molar-refractivity contribution in [1.82, 2.24) is 0 Å². The van der Waals surface area contributed by atoms with Crippen molar-refractivity contribution in [2.24, 2.45) is 0 Å². The van der Waals surface area contributed by atoms with E-state index < -0.39 is 12.5 Å². The van der Waals surface area contributed by atoms with E-state index in [0.717, 1.165) is 0 Å². The Kier molecular flexibility index (Phi) is 4.14. The Labute approximate surface area is 86.6 Å². The van der Waals surface area contributed by atoms with Gasteiger partial charge >= 0.3 is 0 Å². The van der Waals surface area contributed by atoms with E-state index in [4.69, 9.17) is 16.3 Å². The molecule has 1 aromatic carbocycles. The Hall–Kier alpha value is -0.830. The van der Waals surface area contributed by atoms with E-state index in [9.17, 15) is 8.78 Å². The van der Waals surface area contributed by atoms with Crippen LogP contribution in [0, 0.1) is 0 Å². The van der Waals surface area contributed by atoms with Crippen LogP contribution in [-0.4, -0.2) is 12.5 Å². The highest BCUT2D eigenvalue weighted by atomic mass is 35.5. The van der Waals surface area contributed by atoms with Crippen molar-refractivity contribution < 1.29 is 13.5 Å². The van der Waals surface area contributed by atoms with E-state index in [1.54, 1.807) is 31.2 Å². The van der Waals surface area contributed by atoms with Crippen LogP contribution in [0.3, 0.4) is 0 Å². The van der Waals surface area contributed by atoms with Gasteiger partial charge in [0, 0.05) is 11.4 Å². The Balaban J connectivity index is 2.47. The van der Waals surface area contributed by atoms with Crippen molar-refractivity contribution in [3.05, 3.63) is 29.3 Å². The maximum Gasteiger partial charge on any atom is 0.242 e. The summed E-state index contributed by atoms with van der Waals surface area (Å²) in [5, 5.41) is 0.596. The molecule has 4 heteroatoms. The van der Waals surface area contributed by atoms with E-state index in [-0.39, 0.29) is 6.42 Å². The monoisotopic (exact) mass is 220 g/mol. The summed E-state index contributed by atoms with van der Waals surface area (Å²) >= 11 is 5.66. The first-order chi connectivity index (χ1) is 6.58. The van der Waals surface area contributed by atoms with Gasteiger partial charge in [0.25, 0.3) is 0 Å². The number of halogens is 3. The van der Waals surface area contributed by atoms with E-state index in [2.05, 4.69) is 0 Å². The summed E-state index contributed by atoms with van der Waals surface area (Å²) in [6.07, 6.45) is -3.09. The first-order valence-corrected chi connectivity index (χ1v) is 4.66. The molecule has 0 aliphatic heterocycles. The summed E-state index contributed by atoms with van der Waals surface area (Å²) in [7, 11) is 0. The predicted octanol–water partition coefficient (Wildman–Crippen LogP) is 3.76. The molecule has 0 saturated carbocycles. The fourth-order valence-corrected chi connectivity index (χ4v) is 1.17. The Morgan fingerprint density at radius 3 is 2.36 bits per heavy atom. The minimum absolute atomic E-state index is 0.261. The lowest BCUT2D eigenvalue weighted by molar-refractivity contribution is 0.0812. The highest BCUT2D eigenvalue weighted by Gasteiger charge is 2.11. The number of alkyl halides is 2. The van der Waals surface area contributed by atoms with Gasteiger partial charge in [0.1, 0.15) is 11.9 Å². The molecule has 0 aromatic heterocycles. The summed E-state index contributed by atoms with van der Waals surface area (Å²) in [5.74, 6) is 0.558. The third-order valence-corrected chi connectivity index (χ3v) is 1.91. The normalized spacial score (nSPS) is 12.9. The smallest absolute Gasteiger partial charge is 0.242 e. The van der Waals surface area contributed by atoms with Gasteiger partial charge in [0.2, 0.25) is 6.43 Å². The van der Waals surface area contributed by atoms with Crippen molar-refractivity contribution >= 4 is 11.6 Å². The molecule has 0 amide bonds. The van der Waals surface area contributed by atoms with E-state index in [1.807, 2.05) is 0 Å². The quantitative estimate of drug-likeness (QED) is 0.751. The molecule has 78 valence electrons. The second-order valence-electron chi connectivity index (χ2n) is 3.01. The molecule has 0 saturated heterocycles. The van der Waals surface area contributed by atoms with Gasteiger partial charge in [0.15, 0.2) is 0 Å². The maximum absolute atomic E-state index is 12.0. The number of ether oxygens (including phenoxy) is 1. The van der Waals surface area contributed by atoms with Gasteiger partial charge < -0.3 is 4.74 Å². The van der Waals surface area contributed by atoms with Gasteiger partial charge in [0.05, 0.1) is 0 Å². The standard InChI is InChI=1S/C10H11ClF2O/c1-7(6-10(12)13)14-9-4-2-8(11)3-5-9/h2-5,7,10H,6H2,1H3. The molecule has 0 aliphatic carbocycles. The molecular formula is C10H11ClF2O. The van der Waals surface area contributed by atoms with Crippen molar-refractivity contribution in [2.45, 2.75) is 25.9 Å². The molecule has 0 radical (unpaired) electrons. The minimum atomic E-state index is -2.34. The fourth-order valence-electron chi connectivity index (χ4n) is 1.04. The van der Waals surface area contributed by atoms with Gasteiger partial charge in [-0.2, -0.15) is 0 Å². The summed E-state index contributed by atoms with van der Waals surface area (Å²) in [4.78, 5) is 0. The first kappa shape index (κ1) is 11.2. The molecule has 0 bridgehead atoms. The number of hydrogen-bond donors (Lipinski definition) is 0. The lowest BCUT2D eigenvalue weighted by Gasteiger charge is -2.13. The zero-order chi connectivity index (χ0) is 10.6. The molecule has 1 aromatic rings. The van der Waals surface area contributed by atoms with Crippen LogP contribution < -0.4 is 4.74 Å². The van der Waals surface area contributed by atoms with Crippen LogP contribution >= 0.6 is 11.6 Å². The largest absolute Gasteiger partial charge is 0.491 e. The van der Waals surface area contributed by atoms with E-state index >= 15 is 0 Å². The predicted molar refractivity (Wildman–Crippen MR) is 52.2 cm³/mol. The zero-order valence-corrected chi connectivity index (χ0v) is 8.47. The summed E-state index contributed by atoms with van der Waals surface area (Å²) < 4.78 is 29.1. The van der Waals surface area contributed by atoms with Gasteiger partial charge in [-0.1, -0.05) is 11.6 Å². The molecule has 1 atom stereocenters. The van der Waals surface area contributed by atoms with Gasteiger partial charge in [-0.05, 0) is 31.2 Å². The summed E-state index contributed by atoms with van der Waals surface area (Å²) in [5.41, 5.74) is 0. The minimum Gasteiger partial charge on any atom is -0.491 e. The fraction of sp³-hybridized carbons (Fsp3) is 0.400. The van der Waals surface area contributed by atoms with Gasteiger partial charge in [-0.3, -0.25) is 0 Å². The zero-order valence-electron chi connectivity index (χ0n) is 7.71. The van der Waals surface area contributed by atoms with Crippen molar-refractivity contribution in [3.63, 3.8) is 0 Å². The Morgan fingerprint density at radius 1 is 1.29 bits per heavy atom. The van der Waals surface area contributed by atoms with Crippen molar-refractivity contribution in [2.75, 3.05) is 0 Å². The third-order valence-electron chi connectivity index (χ3n) is 1.66. The van der Waals surface area contributed by atoms with Crippen LogP contribution in [0.25, 0.3) is 0 Å². The molecule has 0 heterocycles. The van der Waals surface area contributed by atoms with E-state index in [1.165, 1.54) is 0 Å². The van der Waals surface area contributed by atoms with Crippen molar-refractivity contribution in [3.8, 4) is 5.75 Å². The van der Waals surface area contributed by atoms with E-state index in [0.29, 0.717) is 10.8 Å². The maximum atomic E-state index is 12.0. The lowest BCUT2D eigenvalue weighted by atomic mass is 10.3. The van der Waals surface area contributed by atoms with Gasteiger partial charge in [-0.15, -0.1) is 0 Å². The summed E-state index contributed by atoms with van der Waals surface area (Å²) in [6.45, 7) is 1.61. The number of hydrogen-bond acceptors (Lipinski definition) is 1. The molecule has 0 fully saturated rings. The highest BCUT2D eigenvalue weighted by Crippen LogP contribution is 2.18. The Bertz CT molecular complexity index is 274. The highest BCUT2D eigenvalue weighted by molar-refractivity contribution is 6.30. The van der Waals surface area contributed by atoms with Crippen LogP contribution in [-0.2, 0) is 0 Å². The van der Waals surface area contributed by atoms with Crippen molar-refractivity contribution in [1.29, 1.82) is 0 Å². The average molecular weight is 221 g/mol. The molecule has 1 unspecified atom stereocenters. The molecule has 0 spiro atoms. The molecule has 0 N–H and O–H groups in total. The topological polar surface area (TPSA) is 9.23 Å². The molecule has 1 nitrogen and oxygen atoms in total. The molecule has 0 aliphatic rings. The van der Waals surface area contributed by atoms with Crippen LogP contribution in [0.1, 0.15) is 13.3 Å². The van der Waals surface area contributed by atoms with Gasteiger partial charge in [-0.25, -0.2) is 8.78 Å². The molecule has 1 rings (SSSR count). The van der Waals surface area contributed by atoms with Crippen LogP contribution in [0.4, 0.5) is 8.78 Å². The molecule has 14 heavy (non-hydrogen) atoms. The average Bonchev–Trinajstić information content (AvgIpc) is 2.07. The summed E-state index contributed by atoms with van der Waals surface area (Å²) in [6, 6.07) is 6.63. The van der Waals surface area contributed by atoms with Crippen LogP contribution in [0.5, 0.6) is 5.75 Å². The second kappa shape index (κ2) is 5.15. The molecular weight excluding hydrogens is 210 g/mol. The second-order valence-corrected chi connectivity index (χ2v) is 3.45. The number of benzene rings is 1. The SMILES string of the molecule is CC(CC(F)F)Oc1ccc(Cl)cc1. The third kappa shape index (κ3) is 3.92. The number of rotatable bonds is 4. The van der Waals surface area contributed by atoms with Crippen LogP contribution in [0.15, 0.2) is 24.3 Å². The lowest BCUT2D eigenvalue weighted by Crippen LogP contribution is -2.15.